The van der Waals surface area contributed by atoms with Crippen LogP contribution in [0.5, 0.6) is 0 Å². The van der Waals surface area contributed by atoms with Crippen molar-refractivity contribution in [2.24, 2.45) is 5.10 Å². The van der Waals surface area contributed by atoms with E-state index in [9.17, 15) is 18.5 Å². The molecule has 3 aromatic carbocycles. The van der Waals surface area contributed by atoms with Crippen LogP contribution < -0.4 is 10.1 Å². The van der Waals surface area contributed by atoms with Gasteiger partial charge >= 0.3 is 0 Å². The van der Waals surface area contributed by atoms with Crippen molar-refractivity contribution in [3.05, 3.63) is 93.5 Å². The second-order valence-corrected chi connectivity index (χ2v) is 7.86. The maximum absolute atomic E-state index is 12.9. The summed E-state index contributed by atoms with van der Waals surface area (Å²) < 4.78 is 28.1. The molecule has 0 atom stereocenters. The Morgan fingerprint density at radius 2 is 1.66 bits per heavy atom. The minimum Gasteiger partial charge on any atom is -0.278 e. The molecule has 0 fully saturated rings. The van der Waals surface area contributed by atoms with Gasteiger partial charge in [0, 0.05) is 12.1 Å². The van der Waals surface area contributed by atoms with Gasteiger partial charge in [0.1, 0.15) is 4.90 Å². The van der Waals surface area contributed by atoms with Crippen molar-refractivity contribution in [1.82, 2.24) is 0 Å². The fourth-order valence-electron chi connectivity index (χ4n) is 2.40. The number of sulfonamides is 1. The van der Waals surface area contributed by atoms with Crippen molar-refractivity contribution in [2.75, 3.05) is 10.1 Å². The van der Waals surface area contributed by atoms with Gasteiger partial charge in [0.2, 0.25) is 0 Å². The van der Waals surface area contributed by atoms with Crippen molar-refractivity contribution >= 4 is 44.9 Å². The first kappa shape index (κ1) is 20.3. The molecule has 0 spiro atoms. The van der Waals surface area contributed by atoms with Gasteiger partial charge in [-0.2, -0.15) is 5.10 Å². The fraction of sp³-hybridized carbons (Fsp3) is 0. The standard InChI is InChI=1S/C19H15ClN4O4S/c20-16-8-4-5-9-17(16)23-29(27,28)19-12-15(24(25)26)10-11-18(19)22-21-13-14-6-2-1-3-7-14/h1-13,22-23H. The van der Waals surface area contributed by atoms with Crippen LogP contribution in [0.25, 0.3) is 0 Å². The van der Waals surface area contributed by atoms with Crippen molar-refractivity contribution in [3.8, 4) is 0 Å². The van der Waals surface area contributed by atoms with Gasteiger partial charge in [0.25, 0.3) is 15.7 Å². The molecule has 0 unspecified atom stereocenters. The summed E-state index contributed by atoms with van der Waals surface area (Å²) in [4.78, 5) is 10.1. The summed E-state index contributed by atoms with van der Waals surface area (Å²) in [7, 11) is -4.19. The summed E-state index contributed by atoms with van der Waals surface area (Å²) in [5.41, 5.74) is 3.27. The zero-order valence-electron chi connectivity index (χ0n) is 14.8. The van der Waals surface area contributed by atoms with Crippen LogP contribution in [0.1, 0.15) is 5.56 Å². The van der Waals surface area contributed by atoms with Crippen molar-refractivity contribution in [3.63, 3.8) is 0 Å². The summed E-state index contributed by atoms with van der Waals surface area (Å²) in [5, 5.41) is 15.3. The van der Waals surface area contributed by atoms with Gasteiger partial charge in [-0.1, -0.05) is 54.1 Å². The van der Waals surface area contributed by atoms with Crippen molar-refractivity contribution in [2.45, 2.75) is 4.90 Å². The highest BCUT2D eigenvalue weighted by Gasteiger charge is 2.23. The molecule has 0 radical (unpaired) electrons. The van der Waals surface area contributed by atoms with Gasteiger partial charge in [-0.15, -0.1) is 0 Å². The van der Waals surface area contributed by atoms with E-state index in [4.69, 9.17) is 11.6 Å². The Balaban J connectivity index is 1.96. The lowest BCUT2D eigenvalue weighted by atomic mass is 10.2. The zero-order chi connectivity index (χ0) is 20.9. The lowest BCUT2D eigenvalue weighted by Crippen LogP contribution is -2.15. The molecule has 0 bridgehead atoms. The van der Waals surface area contributed by atoms with Crippen LogP contribution in [-0.4, -0.2) is 19.6 Å². The normalized spacial score (nSPS) is 11.3. The molecule has 0 aliphatic carbocycles. The number of hydrogen-bond donors (Lipinski definition) is 2. The molecule has 0 aliphatic rings. The van der Waals surface area contributed by atoms with Crippen molar-refractivity contribution < 1.29 is 13.3 Å². The van der Waals surface area contributed by atoms with E-state index in [2.05, 4.69) is 15.2 Å². The largest absolute Gasteiger partial charge is 0.278 e. The smallest absolute Gasteiger partial charge is 0.270 e. The van der Waals surface area contributed by atoms with Crippen LogP contribution in [0.2, 0.25) is 5.02 Å². The van der Waals surface area contributed by atoms with Gasteiger partial charge in [0.05, 0.1) is 27.5 Å². The van der Waals surface area contributed by atoms with Gasteiger partial charge < -0.3 is 0 Å². The van der Waals surface area contributed by atoms with E-state index in [0.717, 1.165) is 11.6 Å². The monoisotopic (exact) mass is 430 g/mol. The predicted molar refractivity (Wildman–Crippen MR) is 113 cm³/mol. The Kier molecular flexibility index (Phi) is 6.10. The highest BCUT2D eigenvalue weighted by Crippen LogP contribution is 2.30. The van der Waals surface area contributed by atoms with Gasteiger partial charge in [-0.25, -0.2) is 8.42 Å². The molecule has 0 saturated heterocycles. The molecule has 0 amide bonds. The Hall–Kier alpha value is -3.43. The number of nitro groups is 1. The molecule has 3 rings (SSSR count). The SMILES string of the molecule is O=[N+]([O-])c1ccc(NN=Cc2ccccc2)c(S(=O)(=O)Nc2ccccc2Cl)c1. The molecule has 0 aliphatic heterocycles. The number of para-hydroxylation sites is 1. The van der Waals surface area contributed by atoms with E-state index in [1.807, 2.05) is 30.3 Å². The average molecular weight is 431 g/mol. The third-order valence-corrected chi connectivity index (χ3v) is 5.52. The summed E-state index contributed by atoms with van der Waals surface area (Å²) in [6.07, 6.45) is 1.50. The molecule has 148 valence electrons. The summed E-state index contributed by atoms with van der Waals surface area (Å²) in [5.74, 6) is 0. The number of hydrogen-bond acceptors (Lipinski definition) is 6. The quantitative estimate of drug-likeness (QED) is 0.325. The predicted octanol–water partition coefficient (Wildman–Crippen LogP) is 4.50. The van der Waals surface area contributed by atoms with Crippen LogP contribution >= 0.6 is 11.6 Å². The third kappa shape index (κ3) is 5.09. The number of rotatable bonds is 7. The first-order valence-electron chi connectivity index (χ1n) is 8.27. The van der Waals surface area contributed by atoms with Crippen molar-refractivity contribution in [1.29, 1.82) is 0 Å². The van der Waals surface area contributed by atoms with E-state index >= 15 is 0 Å². The lowest BCUT2D eigenvalue weighted by Gasteiger charge is -2.12. The maximum Gasteiger partial charge on any atom is 0.270 e. The van der Waals surface area contributed by atoms with E-state index in [-0.39, 0.29) is 27.0 Å². The number of nitrogens with zero attached hydrogens (tertiary/aromatic N) is 2. The first-order valence-corrected chi connectivity index (χ1v) is 10.1. The van der Waals surface area contributed by atoms with Gasteiger partial charge in [-0.3, -0.25) is 20.3 Å². The second-order valence-electron chi connectivity index (χ2n) is 5.80. The highest BCUT2D eigenvalue weighted by atomic mass is 35.5. The van der Waals surface area contributed by atoms with Crippen LogP contribution in [-0.2, 0) is 10.0 Å². The number of benzene rings is 3. The number of non-ortho nitro benzene ring substituents is 1. The number of nitro benzene ring substituents is 1. The van der Waals surface area contributed by atoms with Gasteiger partial charge in [0.15, 0.2) is 0 Å². The minimum absolute atomic E-state index is 0.0716. The average Bonchev–Trinajstić information content (AvgIpc) is 2.70. The fourth-order valence-corrected chi connectivity index (χ4v) is 3.89. The molecule has 3 aromatic rings. The molecule has 0 saturated carbocycles. The Morgan fingerprint density at radius 1 is 0.966 bits per heavy atom. The number of halogens is 1. The molecule has 0 aromatic heterocycles. The van der Waals surface area contributed by atoms with Crippen LogP contribution in [0.4, 0.5) is 17.1 Å². The third-order valence-electron chi connectivity index (χ3n) is 3.78. The van der Waals surface area contributed by atoms with Crippen LogP contribution in [0.3, 0.4) is 0 Å². The topological polar surface area (TPSA) is 114 Å². The zero-order valence-corrected chi connectivity index (χ0v) is 16.4. The second kappa shape index (κ2) is 8.72. The van der Waals surface area contributed by atoms with Gasteiger partial charge in [-0.05, 0) is 23.8 Å². The van der Waals surface area contributed by atoms with E-state index in [1.54, 1.807) is 12.1 Å². The Labute approximate surface area is 172 Å². The maximum atomic E-state index is 12.9. The summed E-state index contributed by atoms with van der Waals surface area (Å²) in [6, 6.07) is 18.8. The molecule has 2 N–H and O–H groups in total. The van der Waals surface area contributed by atoms with Crippen LogP contribution in [0, 0.1) is 10.1 Å². The van der Waals surface area contributed by atoms with E-state index in [1.165, 1.54) is 30.5 Å². The molecule has 29 heavy (non-hydrogen) atoms. The Morgan fingerprint density at radius 3 is 2.34 bits per heavy atom. The number of anilines is 2. The molecule has 10 heteroatoms. The summed E-state index contributed by atoms with van der Waals surface area (Å²) in [6.45, 7) is 0. The summed E-state index contributed by atoms with van der Waals surface area (Å²) >= 11 is 6.02. The number of hydrazone groups is 1. The number of nitrogens with one attached hydrogen (secondary N) is 2. The minimum atomic E-state index is -4.19. The Bertz CT molecular complexity index is 1170. The molecule has 0 heterocycles. The highest BCUT2D eigenvalue weighted by molar-refractivity contribution is 7.93. The molecule has 8 nitrogen and oxygen atoms in total. The molecular formula is C19H15ClN4O4S. The van der Waals surface area contributed by atoms with Crippen LogP contribution in [0.15, 0.2) is 82.8 Å². The first-order chi connectivity index (χ1) is 13.9. The molecular weight excluding hydrogens is 416 g/mol. The van der Waals surface area contributed by atoms with E-state index in [0.29, 0.717) is 0 Å². The lowest BCUT2D eigenvalue weighted by molar-refractivity contribution is -0.385. The van der Waals surface area contributed by atoms with E-state index < -0.39 is 14.9 Å².